The molecule has 1 aliphatic rings. The lowest BCUT2D eigenvalue weighted by molar-refractivity contribution is 0.415. The maximum absolute atomic E-state index is 14.4. The van der Waals surface area contributed by atoms with Gasteiger partial charge in [-0.3, -0.25) is 0 Å². The smallest absolute Gasteiger partial charge is 0.146 e. The third kappa shape index (κ3) is 4.44. The Balaban J connectivity index is 2.20. The molecule has 3 heteroatoms. The molecule has 0 unspecified atom stereocenters. The molecule has 21 heavy (non-hydrogen) atoms. The SMILES string of the molecule is CN(c1c(F)cccc1CNC(C)(C)C)C1CCCCC1. The summed E-state index contributed by atoms with van der Waals surface area (Å²) in [6.07, 6.45) is 6.20. The fraction of sp³-hybridized carbons (Fsp3) is 0.667. The van der Waals surface area contributed by atoms with Crippen molar-refractivity contribution in [3.05, 3.63) is 29.6 Å². The summed E-state index contributed by atoms with van der Waals surface area (Å²) in [6, 6.07) is 5.91. The quantitative estimate of drug-likeness (QED) is 0.880. The van der Waals surface area contributed by atoms with Crippen molar-refractivity contribution in [2.24, 2.45) is 0 Å². The second-order valence-corrected chi connectivity index (χ2v) is 7.25. The molecule has 0 heterocycles. The minimum atomic E-state index is -0.101. The molecule has 0 amide bonds. The molecule has 0 atom stereocenters. The lowest BCUT2D eigenvalue weighted by Crippen LogP contribution is -2.37. The lowest BCUT2D eigenvalue weighted by atomic mass is 9.93. The largest absolute Gasteiger partial charge is 0.369 e. The van der Waals surface area contributed by atoms with Gasteiger partial charge in [0, 0.05) is 25.2 Å². The zero-order valence-electron chi connectivity index (χ0n) is 13.9. The van der Waals surface area contributed by atoms with E-state index in [1.165, 1.54) is 32.1 Å². The van der Waals surface area contributed by atoms with E-state index in [4.69, 9.17) is 0 Å². The van der Waals surface area contributed by atoms with Gasteiger partial charge in [0.25, 0.3) is 0 Å². The summed E-state index contributed by atoms with van der Waals surface area (Å²) >= 11 is 0. The third-order valence-corrected chi connectivity index (χ3v) is 4.35. The van der Waals surface area contributed by atoms with Gasteiger partial charge in [-0.05, 0) is 45.2 Å². The number of rotatable bonds is 4. The van der Waals surface area contributed by atoms with Crippen LogP contribution in [0.4, 0.5) is 10.1 Å². The molecule has 1 aromatic carbocycles. The Labute approximate surface area is 128 Å². The van der Waals surface area contributed by atoms with Crippen molar-refractivity contribution in [3.8, 4) is 0 Å². The van der Waals surface area contributed by atoms with E-state index in [0.717, 1.165) is 11.3 Å². The fourth-order valence-corrected chi connectivity index (χ4v) is 3.11. The van der Waals surface area contributed by atoms with Crippen LogP contribution >= 0.6 is 0 Å². The normalized spacial score (nSPS) is 17.0. The Morgan fingerprint density at radius 2 is 1.86 bits per heavy atom. The number of hydrogen-bond acceptors (Lipinski definition) is 2. The summed E-state index contributed by atoms with van der Waals surface area (Å²) in [5.41, 5.74) is 1.87. The highest BCUT2D eigenvalue weighted by Crippen LogP contribution is 2.30. The highest BCUT2D eigenvalue weighted by Gasteiger charge is 2.23. The summed E-state index contributed by atoms with van der Waals surface area (Å²) < 4.78 is 14.4. The first-order chi connectivity index (χ1) is 9.88. The van der Waals surface area contributed by atoms with Gasteiger partial charge >= 0.3 is 0 Å². The van der Waals surface area contributed by atoms with Gasteiger partial charge in [0.05, 0.1) is 5.69 Å². The van der Waals surface area contributed by atoms with Gasteiger partial charge in [-0.25, -0.2) is 4.39 Å². The van der Waals surface area contributed by atoms with Gasteiger partial charge in [-0.2, -0.15) is 0 Å². The monoisotopic (exact) mass is 292 g/mol. The summed E-state index contributed by atoms with van der Waals surface area (Å²) in [5.74, 6) is -0.101. The Hall–Kier alpha value is -1.09. The van der Waals surface area contributed by atoms with Crippen LogP contribution in [0, 0.1) is 5.82 Å². The molecule has 0 bridgehead atoms. The van der Waals surface area contributed by atoms with Crippen molar-refractivity contribution in [2.75, 3.05) is 11.9 Å². The van der Waals surface area contributed by atoms with Crippen molar-refractivity contribution in [3.63, 3.8) is 0 Å². The average Bonchev–Trinajstić information content (AvgIpc) is 2.44. The number of hydrogen-bond donors (Lipinski definition) is 1. The summed E-state index contributed by atoms with van der Waals surface area (Å²) in [4.78, 5) is 2.17. The van der Waals surface area contributed by atoms with Gasteiger partial charge in [-0.15, -0.1) is 0 Å². The van der Waals surface area contributed by atoms with Crippen molar-refractivity contribution in [1.29, 1.82) is 0 Å². The van der Waals surface area contributed by atoms with Crippen LogP contribution in [0.25, 0.3) is 0 Å². The highest BCUT2D eigenvalue weighted by atomic mass is 19.1. The topological polar surface area (TPSA) is 15.3 Å². The summed E-state index contributed by atoms with van der Waals surface area (Å²) in [5, 5.41) is 3.47. The Bertz CT molecular complexity index is 459. The van der Waals surface area contributed by atoms with E-state index in [0.29, 0.717) is 12.6 Å². The molecule has 1 aromatic rings. The molecular formula is C18H29FN2. The predicted molar refractivity (Wildman–Crippen MR) is 88.3 cm³/mol. The van der Waals surface area contributed by atoms with Gasteiger partial charge in [0.2, 0.25) is 0 Å². The van der Waals surface area contributed by atoms with Crippen molar-refractivity contribution in [1.82, 2.24) is 5.32 Å². The van der Waals surface area contributed by atoms with Crippen LogP contribution < -0.4 is 10.2 Å². The fourth-order valence-electron chi connectivity index (χ4n) is 3.11. The van der Waals surface area contributed by atoms with E-state index in [2.05, 4.69) is 38.0 Å². The van der Waals surface area contributed by atoms with E-state index in [1.807, 2.05) is 12.1 Å². The van der Waals surface area contributed by atoms with Crippen LogP contribution in [-0.2, 0) is 6.54 Å². The van der Waals surface area contributed by atoms with E-state index in [1.54, 1.807) is 6.07 Å². The molecular weight excluding hydrogens is 263 g/mol. The average molecular weight is 292 g/mol. The second kappa shape index (κ2) is 6.78. The van der Waals surface area contributed by atoms with Gasteiger partial charge in [-0.1, -0.05) is 31.4 Å². The second-order valence-electron chi connectivity index (χ2n) is 7.25. The first-order valence-electron chi connectivity index (χ1n) is 8.14. The Morgan fingerprint density at radius 3 is 2.48 bits per heavy atom. The molecule has 0 saturated heterocycles. The molecule has 1 fully saturated rings. The molecule has 0 radical (unpaired) electrons. The molecule has 1 N–H and O–H groups in total. The van der Waals surface area contributed by atoms with Crippen molar-refractivity contribution < 1.29 is 4.39 Å². The Kier molecular flexibility index (Phi) is 5.26. The number of anilines is 1. The van der Waals surface area contributed by atoms with Crippen LogP contribution in [0.5, 0.6) is 0 Å². The maximum atomic E-state index is 14.4. The summed E-state index contributed by atoms with van der Waals surface area (Å²) in [6.45, 7) is 7.11. The minimum absolute atomic E-state index is 0.0347. The van der Waals surface area contributed by atoms with Crippen LogP contribution in [-0.4, -0.2) is 18.6 Å². The van der Waals surface area contributed by atoms with Crippen molar-refractivity contribution >= 4 is 5.69 Å². The standard InChI is InChI=1S/C18H29FN2/c1-18(2,3)20-13-14-9-8-12-16(19)17(14)21(4)15-10-6-5-7-11-15/h8-9,12,15,20H,5-7,10-11,13H2,1-4H3. The van der Waals surface area contributed by atoms with E-state index < -0.39 is 0 Å². The third-order valence-electron chi connectivity index (χ3n) is 4.35. The molecule has 0 aliphatic heterocycles. The molecule has 118 valence electrons. The lowest BCUT2D eigenvalue weighted by Gasteiger charge is -2.35. The minimum Gasteiger partial charge on any atom is -0.369 e. The van der Waals surface area contributed by atoms with Gasteiger partial charge in [0.1, 0.15) is 5.82 Å². The number of nitrogens with one attached hydrogen (secondary N) is 1. The van der Waals surface area contributed by atoms with E-state index in [-0.39, 0.29) is 11.4 Å². The highest BCUT2D eigenvalue weighted by molar-refractivity contribution is 5.55. The number of halogens is 1. The molecule has 1 aliphatic carbocycles. The molecule has 0 spiro atoms. The predicted octanol–water partition coefficient (Wildman–Crippen LogP) is 4.48. The van der Waals surface area contributed by atoms with Crippen LogP contribution in [0.1, 0.15) is 58.4 Å². The van der Waals surface area contributed by atoms with Crippen LogP contribution in [0.2, 0.25) is 0 Å². The first-order valence-corrected chi connectivity index (χ1v) is 8.14. The maximum Gasteiger partial charge on any atom is 0.146 e. The molecule has 1 saturated carbocycles. The van der Waals surface area contributed by atoms with Crippen LogP contribution in [0.3, 0.4) is 0 Å². The zero-order valence-corrected chi connectivity index (χ0v) is 13.9. The molecule has 0 aromatic heterocycles. The van der Waals surface area contributed by atoms with Crippen LogP contribution in [0.15, 0.2) is 18.2 Å². The zero-order chi connectivity index (χ0) is 15.5. The number of nitrogens with zero attached hydrogens (tertiary/aromatic N) is 1. The molecule has 2 nitrogen and oxygen atoms in total. The van der Waals surface area contributed by atoms with Crippen molar-refractivity contribution in [2.45, 2.75) is 71.0 Å². The summed E-state index contributed by atoms with van der Waals surface area (Å²) in [7, 11) is 2.05. The van der Waals surface area contributed by atoms with Gasteiger partial charge in [0.15, 0.2) is 0 Å². The number of benzene rings is 1. The number of para-hydroxylation sites is 1. The Morgan fingerprint density at radius 1 is 1.19 bits per heavy atom. The van der Waals surface area contributed by atoms with Gasteiger partial charge < -0.3 is 10.2 Å². The van der Waals surface area contributed by atoms with E-state index in [9.17, 15) is 4.39 Å². The first kappa shape index (κ1) is 16.3. The van der Waals surface area contributed by atoms with E-state index >= 15 is 0 Å². The molecule has 2 rings (SSSR count).